The number of hydrogen-bond donors (Lipinski definition) is 0. The number of nitrogens with zero attached hydrogens (tertiary/aromatic N) is 3. The van der Waals surface area contributed by atoms with E-state index in [4.69, 9.17) is 4.74 Å². The van der Waals surface area contributed by atoms with Crippen LogP contribution in [0.25, 0.3) is 11.0 Å². The molecule has 0 unspecified atom stereocenters. The number of carbonyl (C=O) groups excluding carboxylic acids is 2. The van der Waals surface area contributed by atoms with Gasteiger partial charge in [-0.3, -0.25) is 9.59 Å². The number of fused-ring (bicyclic) bond motifs is 1. The minimum Gasteiger partial charge on any atom is -0.497 e. The van der Waals surface area contributed by atoms with Crippen LogP contribution in [0.15, 0.2) is 18.2 Å². The first-order valence-corrected chi connectivity index (χ1v) is 10.6. The maximum atomic E-state index is 13.2. The van der Waals surface area contributed by atoms with Crippen molar-refractivity contribution < 1.29 is 14.3 Å². The van der Waals surface area contributed by atoms with E-state index in [1.54, 1.807) is 11.7 Å². The number of Topliss-reactive ketones (excluding diaryl/α,β-unsaturated/α-hetero) is 1. The molecule has 2 aromatic rings. The number of unbranched alkanes of at least 4 members (excludes halogenated alkanes) is 2. The van der Waals surface area contributed by atoms with Gasteiger partial charge in [-0.15, -0.1) is 0 Å². The molecule has 0 aliphatic carbocycles. The van der Waals surface area contributed by atoms with Gasteiger partial charge in [-0.1, -0.05) is 47.5 Å². The molecule has 0 spiro atoms. The zero-order chi connectivity index (χ0) is 21.6. The number of ketones is 1. The Bertz CT molecular complexity index is 841. The molecule has 0 bridgehead atoms. The number of hydrogen-bond acceptors (Lipinski definition) is 4. The lowest BCUT2D eigenvalue weighted by Gasteiger charge is -2.24. The topological polar surface area (TPSA) is 64.4 Å². The number of rotatable bonds is 10. The minimum atomic E-state index is -0.587. The molecule has 0 saturated heterocycles. The van der Waals surface area contributed by atoms with Gasteiger partial charge in [0.15, 0.2) is 5.82 Å². The molecular formula is C23H35N3O3. The van der Waals surface area contributed by atoms with Crippen LogP contribution in [-0.4, -0.2) is 46.3 Å². The van der Waals surface area contributed by atoms with E-state index < -0.39 is 5.41 Å². The normalized spacial score (nSPS) is 11.7. The lowest BCUT2D eigenvalue weighted by molar-refractivity contribution is -0.132. The van der Waals surface area contributed by atoms with Crippen molar-refractivity contribution in [1.82, 2.24) is 14.5 Å². The van der Waals surface area contributed by atoms with Crippen LogP contribution < -0.4 is 4.74 Å². The Hall–Kier alpha value is -2.37. The Morgan fingerprint density at radius 3 is 2.24 bits per heavy atom. The van der Waals surface area contributed by atoms with Crippen molar-refractivity contribution in [2.24, 2.45) is 5.41 Å². The van der Waals surface area contributed by atoms with Crippen LogP contribution in [-0.2, 0) is 11.3 Å². The summed E-state index contributed by atoms with van der Waals surface area (Å²) in [6.07, 6.45) is 4.02. The van der Waals surface area contributed by atoms with Crippen LogP contribution in [0.5, 0.6) is 5.75 Å². The molecular weight excluding hydrogens is 366 g/mol. The Balaban J connectivity index is 2.47. The SMILES string of the molecule is CCCCN(CCCC)C(=O)Cn1c(C(=O)C(C)(C)C)nc2ccc(OC)cc21. The fourth-order valence-electron chi connectivity index (χ4n) is 3.19. The van der Waals surface area contributed by atoms with Crippen LogP contribution >= 0.6 is 0 Å². The third-order valence-electron chi connectivity index (χ3n) is 5.05. The monoisotopic (exact) mass is 401 g/mol. The van der Waals surface area contributed by atoms with Crippen molar-refractivity contribution in [1.29, 1.82) is 0 Å². The van der Waals surface area contributed by atoms with Gasteiger partial charge in [0.2, 0.25) is 11.7 Å². The molecule has 1 aromatic heterocycles. The molecule has 0 saturated carbocycles. The Kier molecular flexibility index (Phi) is 7.82. The molecule has 6 nitrogen and oxygen atoms in total. The summed E-state index contributed by atoms with van der Waals surface area (Å²) in [6, 6.07) is 5.50. The summed E-state index contributed by atoms with van der Waals surface area (Å²) in [5, 5.41) is 0. The third-order valence-corrected chi connectivity index (χ3v) is 5.05. The van der Waals surface area contributed by atoms with Crippen LogP contribution in [0.4, 0.5) is 0 Å². The molecule has 1 heterocycles. The summed E-state index contributed by atoms with van der Waals surface area (Å²) in [5.41, 5.74) is 0.854. The summed E-state index contributed by atoms with van der Waals surface area (Å²) >= 11 is 0. The van der Waals surface area contributed by atoms with Gasteiger partial charge in [0.25, 0.3) is 0 Å². The van der Waals surface area contributed by atoms with E-state index >= 15 is 0 Å². The average molecular weight is 402 g/mol. The maximum absolute atomic E-state index is 13.2. The first kappa shape index (κ1) is 22.9. The molecule has 2 rings (SSSR count). The third kappa shape index (κ3) is 5.58. The van der Waals surface area contributed by atoms with Crippen LogP contribution in [0.2, 0.25) is 0 Å². The van der Waals surface area contributed by atoms with Crippen molar-refractivity contribution in [2.45, 2.75) is 66.8 Å². The maximum Gasteiger partial charge on any atom is 0.242 e. The highest BCUT2D eigenvalue weighted by Crippen LogP contribution is 2.27. The largest absolute Gasteiger partial charge is 0.497 e. The van der Waals surface area contributed by atoms with Gasteiger partial charge in [0.05, 0.1) is 18.1 Å². The zero-order valence-electron chi connectivity index (χ0n) is 18.7. The molecule has 29 heavy (non-hydrogen) atoms. The van der Waals surface area contributed by atoms with E-state index in [9.17, 15) is 9.59 Å². The number of ether oxygens (including phenoxy) is 1. The molecule has 0 N–H and O–H groups in total. The summed E-state index contributed by atoms with van der Waals surface area (Å²) < 4.78 is 7.11. The second-order valence-electron chi connectivity index (χ2n) is 8.54. The number of benzene rings is 1. The quantitative estimate of drug-likeness (QED) is 0.541. The van der Waals surface area contributed by atoms with E-state index in [1.165, 1.54) is 0 Å². The average Bonchev–Trinajstić information content (AvgIpc) is 3.03. The highest BCUT2D eigenvalue weighted by Gasteiger charge is 2.29. The minimum absolute atomic E-state index is 0.0250. The fourth-order valence-corrected chi connectivity index (χ4v) is 3.19. The number of methoxy groups -OCH3 is 1. The van der Waals surface area contributed by atoms with Crippen molar-refractivity contribution in [3.8, 4) is 5.75 Å². The second-order valence-corrected chi connectivity index (χ2v) is 8.54. The molecule has 160 valence electrons. The van der Waals surface area contributed by atoms with Crippen molar-refractivity contribution in [2.75, 3.05) is 20.2 Å². The van der Waals surface area contributed by atoms with Gasteiger partial charge in [0, 0.05) is 24.6 Å². The highest BCUT2D eigenvalue weighted by molar-refractivity contribution is 6.00. The highest BCUT2D eigenvalue weighted by atomic mass is 16.5. The van der Waals surface area contributed by atoms with Crippen LogP contribution in [0.1, 0.15) is 70.9 Å². The fraction of sp³-hybridized carbons (Fsp3) is 0.609. The first-order valence-electron chi connectivity index (χ1n) is 10.6. The molecule has 0 fully saturated rings. The van der Waals surface area contributed by atoms with Crippen LogP contribution in [0, 0.1) is 5.41 Å². The van der Waals surface area contributed by atoms with E-state index in [0.717, 1.165) is 44.3 Å². The van der Waals surface area contributed by atoms with Crippen molar-refractivity contribution in [3.05, 3.63) is 24.0 Å². The summed E-state index contributed by atoms with van der Waals surface area (Å²) in [5.74, 6) is 0.959. The van der Waals surface area contributed by atoms with Gasteiger partial charge in [-0.05, 0) is 25.0 Å². The van der Waals surface area contributed by atoms with Gasteiger partial charge >= 0.3 is 0 Å². The molecule has 1 amide bonds. The van der Waals surface area contributed by atoms with Crippen molar-refractivity contribution in [3.63, 3.8) is 0 Å². The standard InChI is InChI=1S/C23H35N3O3/c1-7-9-13-25(14-10-8-2)20(27)16-26-19-15-17(29-6)11-12-18(19)24-22(26)21(28)23(3,4)5/h11-12,15H,7-10,13-14,16H2,1-6H3. The molecule has 0 radical (unpaired) electrons. The lowest BCUT2D eigenvalue weighted by Crippen LogP contribution is -2.36. The van der Waals surface area contributed by atoms with E-state index in [2.05, 4.69) is 18.8 Å². The van der Waals surface area contributed by atoms with Crippen molar-refractivity contribution >= 4 is 22.7 Å². The van der Waals surface area contributed by atoms with E-state index in [0.29, 0.717) is 17.1 Å². The van der Waals surface area contributed by atoms with E-state index in [-0.39, 0.29) is 18.2 Å². The predicted molar refractivity (Wildman–Crippen MR) is 116 cm³/mol. The number of imidazole rings is 1. The first-order chi connectivity index (χ1) is 13.7. The van der Waals surface area contributed by atoms with Gasteiger partial charge in [0.1, 0.15) is 12.3 Å². The number of carbonyl (C=O) groups is 2. The Morgan fingerprint density at radius 2 is 1.72 bits per heavy atom. The summed E-state index contributed by atoms with van der Waals surface area (Å²) in [7, 11) is 1.60. The zero-order valence-corrected chi connectivity index (χ0v) is 18.7. The van der Waals surface area contributed by atoms with Gasteiger partial charge in [-0.25, -0.2) is 4.98 Å². The molecule has 0 atom stereocenters. The Morgan fingerprint density at radius 1 is 1.10 bits per heavy atom. The Labute approximate surface area is 174 Å². The molecule has 0 aliphatic rings. The molecule has 1 aromatic carbocycles. The lowest BCUT2D eigenvalue weighted by atomic mass is 9.90. The van der Waals surface area contributed by atoms with E-state index in [1.807, 2.05) is 43.9 Å². The summed E-state index contributed by atoms with van der Waals surface area (Å²) in [4.78, 5) is 32.7. The summed E-state index contributed by atoms with van der Waals surface area (Å²) in [6.45, 7) is 11.5. The number of amides is 1. The predicted octanol–water partition coefficient (Wildman–Crippen LogP) is 4.70. The van der Waals surface area contributed by atoms with Crippen LogP contribution in [0.3, 0.4) is 0 Å². The van der Waals surface area contributed by atoms with Gasteiger partial charge < -0.3 is 14.2 Å². The number of aromatic nitrogens is 2. The second kappa shape index (κ2) is 9.90. The van der Waals surface area contributed by atoms with Gasteiger partial charge in [-0.2, -0.15) is 0 Å². The smallest absolute Gasteiger partial charge is 0.242 e. The molecule has 0 aliphatic heterocycles. The molecule has 6 heteroatoms.